The first-order chi connectivity index (χ1) is 28.0. The Kier molecular flexibility index (Phi) is 14.0. The molecule has 13 nitrogen and oxygen atoms in total. The number of imide groups is 1. The molecule has 0 aliphatic carbocycles. The predicted octanol–water partition coefficient (Wildman–Crippen LogP) is 10.2. The van der Waals surface area contributed by atoms with Crippen LogP contribution in [0, 0.1) is 23.0 Å². The van der Waals surface area contributed by atoms with Gasteiger partial charge in [-0.05, 0) is 84.2 Å². The van der Waals surface area contributed by atoms with Crippen LogP contribution in [0.4, 0.5) is 24.1 Å². The summed E-state index contributed by atoms with van der Waals surface area (Å²) in [5, 5.41) is 12.5. The zero-order chi connectivity index (χ0) is 42.9. The van der Waals surface area contributed by atoms with Gasteiger partial charge in [0.25, 0.3) is 11.8 Å². The number of halogens is 2. The smallest absolute Gasteiger partial charge is 0.421 e. The Morgan fingerprint density at radius 1 is 0.898 bits per heavy atom. The van der Waals surface area contributed by atoms with Gasteiger partial charge in [-0.3, -0.25) is 4.99 Å². The van der Waals surface area contributed by atoms with Gasteiger partial charge in [0.15, 0.2) is 11.5 Å². The summed E-state index contributed by atoms with van der Waals surface area (Å²) < 4.78 is 63.2. The van der Waals surface area contributed by atoms with Crippen LogP contribution in [-0.2, 0) is 16.1 Å². The second-order valence-corrected chi connectivity index (χ2v) is 15.8. The molecule has 2 amide bonds. The fraction of sp³-hybridized carbons (Fsp3) is 0.386. The van der Waals surface area contributed by atoms with Crippen LogP contribution in [0.15, 0.2) is 77.8 Å². The van der Waals surface area contributed by atoms with Crippen molar-refractivity contribution < 1.29 is 42.1 Å². The van der Waals surface area contributed by atoms with Crippen LogP contribution in [0.3, 0.4) is 0 Å². The number of amides is 2. The summed E-state index contributed by atoms with van der Waals surface area (Å²) >= 11 is 0. The number of rotatable bonds is 14. The van der Waals surface area contributed by atoms with E-state index < -0.39 is 58.6 Å². The van der Waals surface area contributed by atoms with E-state index in [4.69, 9.17) is 23.7 Å². The highest BCUT2D eigenvalue weighted by Crippen LogP contribution is 2.40. The zero-order valence-corrected chi connectivity index (χ0v) is 34.6. The molecule has 0 radical (unpaired) electrons. The number of nitrogens with zero attached hydrogens (tertiary/aromatic N) is 5. The summed E-state index contributed by atoms with van der Waals surface area (Å²) in [5.74, 6) is -3.23. The van der Waals surface area contributed by atoms with Crippen LogP contribution >= 0.6 is 0 Å². The van der Waals surface area contributed by atoms with E-state index in [1.165, 1.54) is 18.2 Å². The Bertz CT molecular complexity index is 2170. The summed E-state index contributed by atoms with van der Waals surface area (Å²) in [6.45, 7) is 13.0. The van der Waals surface area contributed by atoms with Gasteiger partial charge in [0.1, 0.15) is 41.2 Å². The van der Waals surface area contributed by atoms with E-state index >= 15 is 8.78 Å². The van der Waals surface area contributed by atoms with Crippen molar-refractivity contribution in [3.05, 3.63) is 101 Å². The standard InChI is InChI=1S/C44H50F2N6O7/c1-9-10-19-34(52(41(53)58-43(2,3)4)42(54)59-44(5,6)7)49-37-35(45)39(56-31-18-14-17-30(25-31)38-48-22-23-51(38)8)50-40(36(37)46)57-33-24-29(26-47)20-21-32(33)55-27-28-15-12-11-13-16-28/h11-18,20-21,24-25,34H,9-10,19,22-23,27H2,1-8H3,(H,49,50). The maximum Gasteiger partial charge on any atom is 0.421 e. The van der Waals surface area contributed by atoms with Gasteiger partial charge in [0.2, 0.25) is 11.6 Å². The molecule has 0 saturated carbocycles. The minimum atomic E-state index is -1.40. The number of nitriles is 1. The molecular weight excluding hydrogens is 763 g/mol. The van der Waals surface area contributed by atoms with Crippen molar-refractivity contribution in [1.82, 2.24) is 14.8 Å². The van der Waals surface area contributed by atoms with Crippen LogP contribution < -0.4 is 19.5 Å². The number of nitrogens with one attached hydrogen (secondary N) is 1. The van der Waals surface area contributed by atoms with E-state index in [-0.39, 0.29) is 35.8 Å². The Hall–Kier alpha value is -6.43. The van der Waals surface area contributed by atoms with Crippen molar-refractivity contribution in [3.8, 4) is 35.1 Å². The van der Waals surface area contributed by atoms with Crippen molar-refractivity contribution >= 4 is 23.7 Å². The number of aromatic nitrogens is 1. The molecule has 1 unspecified atom stereocenters. The molecule has 4 aromatic rings. The number of benzene rings is 3. The monoisotopic (exact) mass is 812 g/mol. The lowest BCUT2D eigenvalue weighted by molar-refractivity contribution is -0.00592. The summed E-state index contributed by atoms with van der Waals surface area (Å²) in [7, 11) is 1.90. The van der Waals surface area contributed by atoms with Crippen LogP contribution in [-0.4, -0.2) is 70.3 Å². The topological polar surface area (TPSA) is 148 Å². The fourth-order valence-corrected chi connectivity index (χ4v) is 5.81. The highest BCUT2D eigenvalue weighted by Gasteiger charge is 2.38. The van der Waals surface area contributed by atoms with Crippen LogP contribution in [0.1, 0.15) is 84.4 Å². The number of carbonyl (C=O) groups is 2. The van der Waals surface area contributed by atoms with Gasteiger partial charge in [-0.25, -0.2) is 9.59 Å². The molecule has 5 rings (SSSR count). The van der Waals surface area contributed by atoms with Gasteiger partial charge in [-0.1, -0.05) is 55.8 Å². The maximum absolute atomic E-state index is 17.0. The molecule has 0 fully saturated rings. The molecule has 3 aromatic carbocycles. The van der Waals surface area contributed by atoms with Crippen LogP contribution in [0.25, 0.3) is 0 Å². The average molecular weight is 813 g/mol. The molecule has 0 spiro atoms. The quantitative estimate of drug-likeness (QED) is 0.121. The third-order valence-electron chi connectivity index (χ3n) is 8.53. The molecule has 1 aliphatic heterocycles. The lowest BCUT2D eigenvalue weighted by Gasteiger charge is -2.34. The first kappa shape index (κ1) is 43.7. The number of unbranched alkanes of at least 4 members (excludes halogenated alkanes) is 1. The minimum absolute atomic E-state index is 0.0297. The van der Waals surface area contributed by atoms with Gasteiger partial charge in [-0.15, -0.1) is 0 Å². The highest BCUT2D eigenvalue weighted by atomic mass is 19.1. The van der Waals surface area contributed by atoms with Crippen LogP contribution in [0.5, 0.6) is 29.0 Å². The minimum Gasteiger partial charge on any atom is -0.485 e. The van der Waals surface area contributed by atoms with E-state index in [2.05, 4.69) is 15.3 Å². The first-order valence-corrected chi connectivity index (χ1v) is 19.3. The third kappa shape index (κ3) is 11.8. The van der Waals surface area contributed by atoms with Gasteiger partial charge >= 0.3 is 12.2 Å². The number of amidine groups is 1. The Morgan fingerprint density at radius 2 is 1.56 bits per heavy atom. The van der Waals surface area contributed by atoms with Gasteiger partial charge in [0.05, 0.1) is 18.2 Å². The van der Waals surface area contributed by atoms with E-state index in [0.29, 0.717) is 35.7 Å². The number of anilines is 1. The lowest BCUT2D eigenvalue weighted by Crippen LogP contribution is -2.52. The van der Waals surface area contributed by atoms with Crippen LogP contribution in [0.2, 0.25) is 0 Å². The number of aliphatic imine (C=N–C) groups is 1. The average Bonchev–Trinajstić information content (AvgIpc) is 3.61. The third-order valence-corrected chi connectivity index (χ3v) is 8.53. The second-order valence-electron chi connectivity index (χ2n) is 15.8. The summed E-state index contributed by atoms with van der Waals surface area (Å²) in [6.07, 6.45) is -2.58. The van der Waals surface area contributed by atoms with Crippen molar-refractivity contribution in [3.63, 3.8) is 0 Å². The molecule has 0 bridgehead atoms. The molecule has 1 aromatic heterocycles. The van der Waals surface area contributed by atoms with Crippen molar-refractivity contribution in [2.45, 2.75) is 91.7 Å². The summed E-state index contributed by atoms with van der Waals surface area (Å²) in [5.41, 5.74) is -1.25. The molecule has 0 saturated heterocycles. The number of pyridine rings is 1. The van der Waals surface area contributed by atoms with Crippen molar-refractivity contribution in [2.75, 3.05) is 25.5 Å². The number of hydrogen-bond donors (Lipinski definition) is 1. The summed E-state index contributed by atoms with van der Waals surface area (Å²) in [4.78, 5) is 38.8. The molecule has 59 heavy (non-hydrogen) atoms. The molecule has 1 aliphatic rings. The van der Waals surface area contributed by atoms with Gasteiger partial charge < -0.3 is 33.9 Å². The van der Waals surface area contributed by atoms with Gasteiger partial charge in [-0.2, -0.15) is 23.9 Å². The molecule has 2 heterocycles. The maximum atomic E-state index is 17.0. The predicted molar refractivity (Wildman–Crippen MR) is 218 cm³/mol. The zero-order valence-electron chi connectivity index (χ0n) is 34.6. The van der Waals surface area contributed by atoms with E-state index in [1.54, 1.807) is 59.7 Å². The van der Waals surface area contributed by atoms with Crippen molar-refractivity contribution in [1.29, 1.82) is 5.26 Å². The van der Waals surface area contributed by atoms with Gasteiger partial charge in [0, 0.05) is 25.2 Å². The first-order valence-electron chi connectivity index (χ1n) is 19.3. The molecule has 1 N–H and O–H groups in total. The Morgan fingerprint density at radius 3 is 2.15 bits per heavy atom. The second kappa shape index (κ2) is 18.9. The highest BCUT2D eigenvalue weighted by molar-refractivity contribution is 6.00. The molecule has 1 atom stereocenters. The molecular formula is C44H50F2N6O7. The Balaban J connectivity index is 1.64. The van der Waals surface area contributed by atoms with Crippen molar-refractivity contribution in [2.24, 2.45) is 4.99 Å². The van der Waals surface area contributed by atoms with E-state index in [1.807, 2.05) is 61.3 Å². The fourth-order valence-electron chi connectivity index (χ4n) is 5.81. The normalized spacial score (nSPS) is 13.2. The number of carbonyl (C=O) groups excluding carboxylic acids is 2. The van der Waals surface area contributed by atoms with E-state index in [0.717, 1.165) is 12.1 Å². The van der Waals surface area contributed by atoms with E-state index in [9.17, 15) is 14.9 Å². The SMILES string of the molecule is CCCCC(Nc1c(F)c(Oc2cccc(C3=NCCN3C)c2)nc(Oc2cc(C#N)ccc2OCc2ccccc2)c1F)N(C(=O)OC(C)(C)C)C(=O)OC(C)(C)C. The molecule has 312 valence electrons. The lowest BCUT2D eigenvalue weighted by atomic mass is 10.1. The summed E-state index contributed by atoms with van der Waals surface area (Å²) in [6, 6.07) is 22.3. The molecule has 15 heteroatoms. The number of ether oxygens (including phenoxy) is 5. The number of hydrogen-bond acceptors (Lipinski definition) is 12. The number of likely N-dealkylation sites (N-methyl/N-ethyl adjacent to an activating group) is 1. The largest absolute Gasteiger partial charge is 0.485 e. The Labute approximate surface area is 343 Å².